The highest BCUT2D eigenvalue weighted by Crippen LogP contribution is 2.26. The zero-order chi connectivity index (χ0) is 12.4. The van der Waals surface area contributed by atoms with Crippen molar-refractivity contribution in [3.05, 3.63) is 60.1 Å². The topological polar surface area (TPSA) is 65.1 Å². The van der Waals surface area contributed by atoms with E-state index in [0.29, 0.717) is 5.56 Å². The van der Waals surface area contributed by atoms with E-state index in [0.717, 1.165) is 11.3 Å². The van der Waals surface area contributed by atoms with E-state index in [4.69, 9.17) is 11.6 Å². The molecule has 7 heteroatoms. The van der Waals surface area contributed by atoms with Crippen LogP contribution in [-0.2, 0) is 6.54 Å². The van der Waals surface area contributed by atoms with Gasteiger partial charge >= 0.3 is 4.87 Å². The Morgan fingerprint density at radius 1 is 1.47 bits per heavy atom. The van der Waals surface area contributed by atoms with E-state index >= 15 is 0 Å². The maximum absolute atomic E-state index is 11.4. The molecule has 0 aliphatic rings. The van der Waals surface area contributed by atoms with Crippen LogP contribution < -0.4 is 4.87 Å². The molecule has 0 bridgehead atoms. The van der Waals surface area contributed by atoms with Crippen molar-refractivity contribution < 1.29 is 4.92 Å². The zero-order valence-corrected chi connectivity index (χ0v) is 10.1. The first kappa shape index (κ1) is 11.8. The van der Waals surface area contributed by atoms with Gasteiger partial charge in [0, 0.05) is 17.6 Å². The van der Waals surface area contributed by atoms with Gasteiger partial charge in [0.25, 0.3) is 5.69 Å². The highest BCUT2D eigenvalue weighted by molar-refractivity contribution is 7.07. The van der Waals surface area contributed by atoms with Gasteiger partial charge in [0.2, 0.25) is 0 Å². The summed E-state index contributed by atoms with van der Waals surface area (Å²) in [5.41, 5.74) is 0.273. The third-order valence-corrected chi connectivity index (χ3v) is 3.31. The molecule has 1 aromatic heterocycles. The fourth-order valence-corrected chi connectivity index (χ4v) is 2.27. The van der Waals surface area contributed by atoms with Crippen molar-refractivity contribution in [2.24, 2.45) is 0 Å². The summed E-state index contributed by atoms with van der Waals surface area (Å²) in [5, 5.41) is 12.8. The molecule has 0 N–H and O–H groups in total. The number of rotatable bonds is 3. The highest BCUT2D eigenvalue weighted by Gasteiger charge is 2.17. The van der Waals surface area contributed by atoms with Crippen LogP contribution in [-0.4, -0.2) is 9.49 Å². The SMILES string of the molecule is O=c1sccn1Cc1c(Cl)cccc1[N+](=O)[O-]. The molecule has 88 valence electrons. The summed E-state index contributed by atoms with van der Waals surface area (Å²) in [5.74, 6) is 0. The molecule has 2 aromatic rings. The maximum Gasteiger partial charge on any atom is 0.307 e. The van der Waals surface area contributed by atoms with E-state index < -0.39 is 4.92 Å². The molecule has 5 nitrogen and oxygen atoms in total. The lowest BCUT2D eigenvalue weighted by Crippen LogP contribution is -2.13. The first-order valence-electron chi connectivity index (χ1n) is 4.65. The van der Waals surface area contributed by atoms with Gasteiger partial charge in [-0.15, -0.1) is 0 Å². The molecule has 17 heavy (non-hydrogen) atoms. The number of nitro benzene ring substituents is 1. The van der Waals surface area contributed by atoms with E-state index in [1.165, 1.54) is 16.7 Å². The van der Waals surface area contributed by atoms with Crippen molar-refractivity contribution in [3.63, 3.8) is 0 Å². The second kappa shape index (κ2) is 4.68. The van der Waals surface area contributed by atoms with Gasteiger partial charge < -0.3 is 4.57 Å². The number of nitro groups is 1. The van der Waals surface area contributed by atoms with Crippen molar-refractivity contribution in [2.45, 2.75) is 6.54 Å². The van der Waals surface area contributed by atoms with Crippen LogP contribution in [0.3, 0.4) is 0 Å². The quantitative estimate of drug-likeness (QED) is 0.636. The maximum atomic E-state index is 11.4. The van der Waals surface area contributed by atoms with Crippen LogP contribution >= 0.6 is 22.9 Å². The Labute approximate surface area is 105 Å². The van der Waals surface area contributed by atoms with Gasteiger partial charge in [-0.05, 0) is 6.07 Å². The molecule has 0 saturated carbocycles. The lowest BCUT2D eigenvalue weighted by Gasteiger charge is -2.05. The number of thiazole rings is 1. The van der Waals surface area contributed by atoms with Crippen molar-refractivity contribution in [1.29, 1.82) is 0 Å². The highest BCUT2D eigenvalue weighted by atomic mass is 35.5. The van der Waals surface area contributed by atoms with Crippen LogP contribution in [0.1, 0.15) is 5.56 Å². The molecule has 0 amide bonds. The van der Waals surface area contributed by atoms with Crippen LogP contribution in [0, 0.1) is 10.1 Å². The fraction of sp³-hybridized carbons (Fsp3) is 0.100. The molecule has 0 saturated heterocycles. The van der Waals surface area contributed by atoms with Crippen LogP contribution in [0.5, 0.6) is 0 Å². The van der Waals surface area contributed by atoms with E-state index in [1.54, 1.807) is 17.6 Å². The summed E-state index contributed by atoms with van der Waals surface area (Å²) < 4.78 is 1.39. The molecule has 2 rings (SSSR count). The summed E-state index contributed by atoms with van der Waals surface area (Å²) in [6.45, 7) is 0.109. The molecule has 0 unspecified atom stereocenters. The number of benzene rings is 1. The van der Waals surface area contributed by atoms with E-state index in [2.05, 4.69) is 0 Å². The Kier molecular flexibility index (Phi) is 3.26. The molecule has 0 radical (unpaired) electrons. The Hall–Kier alpha value is -1.66. The second-order valence-electron chi connectivity index (χ2n) is 3.29. The summed E-state index contributed by atoms with van der Waals surface area (Å²) in [6.07, 6.45) is 1.58. The minimum absolute atomic E-state index is 0.0735. The molecule has 0 spiro atoms. The van der Waals surface area contributed by atoms with Gasteiger partial charge in [0.05, 0.1) is 22.1 Å². The van der Waals surface area contributed by atoms with Gasteiger partial charge in [-0.2, -0.15) is 0 Å². The minimum atomic E-state index is -0.501. The van der Waals surface area contributed by atoms with Crippen LogP contribution in [0.15, 0.2) is 34.6 Å². The van der Waals surface area contributed by atoms with Crippen molar-refractivity contribution in [2.75, 3.05) is 0 Å². The normalized spacial score (nSPS) is 10.4. The lowest BCUT2D eigenvalue weighted by molar-refractivity contribution is -0.385. The Balaban J connectivity index is 2.48. The first-order chi connectivity index (χ1) is 8.09. The monoisotopic (exact) mass is 270 g/mol. The zero-order valence-electron chi connectivity index (χ0n) is 8.50. The number of hydrogen-bond acceptors (Lipinski definition) is 4. The lowest BCUT2D eigenvalue weighted by atomic mass is 10.2. The minimum Gasteiger partial charge on any atom is -0.301 e. The Bertz CT molecular complexity index is 620. The Morgan fingerprint density at radius 3 is 2.82 bits per heavy atom. The summed E-state index contributed by atoms with van der Waals surface area (Å²) >= 11 is 6.96. The van der Waals surface area contributed by atoms with Gasteiger partial charge in [-0.1, -0.05) is 29.0 Å². The predicted octanol–water partition coefficient (Wildman–Crippen LogP) is 2.52. The molecule has 1 aromatic carbocycles. The molecule has 0 aliphatic heterocycles. The predicted molar refractivity (Wildman–Crippen MR) is 65.8 cm³/mol. The van der Waals surface area contributed by atoms with Crippen LogP contribution in [0.4, 0.5) is 5.69 Å². The molecule has 0 fully saturated rings. The Morgan fingerprint density at radius 2 is 2.24 bits per heavy atom. The van der Waals surface area contributed by atoms with Crippen LogP contribution in [0.2, 0.25) is 5.02 Å². The van der Waals surface area contributed by atoms with Crippen molar-refractivity contribution in [1.82, 2.24) is 4.57 Å². The molecular formula is C10H7ClN2O3S. The second-order valence-corrected chi connectivity index (χ2v) is 4.56. The smallest absolute Gasteiger partial charge is 0.301 e. The average Bonchev–Trinajstić information content (AvgIpc) is 2.67. The summed E-state index contributed by atoms with van der Waals surface area (Å²) in [6, 6.07) is 4.46. The van der Waals surface area contributed by atoms with Gasteiger partial charge in [0.1, 0.15) is 0 Å². The van der Waals surface area contributed by atoms with E-state index in [9.17, 15) is 14.9 Å². The fourth-order valence-electron chi connectivity index (χ4n) is 1.45. The number of halogens is 1. The van der Waals surface area contributed by atoms with Crippen molar-refractivity contribution in [3.8, 4) is 0 Å². The summed E-state index contributed by atoms with van der Waals surface area (Å²) in [7, 11) is 0. The average molecular weight is 271 g/mol. The largest absolute Gasteiger partial charge is 0.307 e. The molecular weight excluding hydrogens is 264 g/mol. The van der Waals surface area contributed by atoms with Gasteiger partial charge in [0.15, 0.2) is 0 Å². The number of aromatic nitrogens is 1. The first-order valence-corrected chi connectivity index (χ1v) is 5.91. The third-order valence-electron chi connectivity index (χ3n) is 2.26. The molecule has 0 atom stereocenters. The van der Waals surface area contributed by atoms with E-state index in [-0.39, 0.29) is 22.1 Å². The third kappa shape index (κ3) is 2.37. The van der Waals surface area contributed by atoms with Gasteiger partial charge in [-0.25, -0.2) is 0 Å². The standard InChI is InChI=1S/C10H7ClN2O3S/c11-8-2-1-3-9(13(15)16)7(8)6-12-4-5-17-10(12)14/h1-5H,6H2. The van der Waals surface area contributed by atoms with E-state index in [1.807, 2.05) is 0 Å². The molecule has 1 heterocycles. The summed E-state index contributed by atoms with van der Waals surface area (Å²) in [4.78, 5) is 21.6. The van der Waals surface area contributed by atoms with Gasteiger partial charge in [-0.3, -0.25) is 14.9 Å². The number of nitrogens with zero attached hydrogens (tertiary/aromatic N) is 2. The van der Waals surface area contributed by atoms with Crippen molar-refractivity contribution >= 4 is 28.6 Å². The number of hydrogen-bond donors (Lipinski definition) is 0. The van der Waals surface area contributed by atoms with Crippen LogP contribution in [0.25, 0.3) is 0 Å². The molecule has 0 aliphatic carbocycles.